The first-order valence-corrected chi connectivity index (χ1v) is 13.4. The molecule has 37 heavy (non-hydrogen) atoms. The van der Waals surface area contributed by atoms with Gasteiger partial charge in [0.2, 0.25) is 0 Å². The topological polar surface area (TPSA) is 75.6 Å². The Morgan fingerprint density at radius 3 is 2.73 bits per heavy atom. The number of benzene rings is 1. The number of likely N-dealkylation sites (tertiary alicyclic amines) is 1. The number of hydrogen-bond donors (Lipinski definition) is 1. The maximum Gasteiger partial charge on any atom is 0.303 e. The van der Waals surface area contributed by atoms with Gasteiger partial charge in [0.05, 0.1) is 24.1 Å². The molecule has 2 aromatic heterocycles. The Balaban J connectivity index is 1.35. The lowest BCUT2D eigenvalue weighted by atomic mass is 9.71. The molecule has 1 atom stereocenters. The Labute approximate surface area is 222 Å². The molecule has 0 radical (unpaired) electrons. The highest BCUT2D eigenvalue weighted by atomic mass is 35.5. The minimum Gasteiger partial charge on any atom is -0.497 e. The predicted octanol–water partition coefficient (Wildman–Crippen LogP) is 6.66. The highest BCUT2D eigenvalue weighted by molar-refractivity contribution is 6.32. The van der Waals surface area contributed by atoms with Crippen LogP contribution in [0.15, 0.2) is 48.8 Å². The molecule has 1 N–H and O–H groups in total. The number of hydrogen-bond acceptors (Lipinski definition) is 5. The van der Waals surface area contributed by atoms with E-state index >= 15 is 4.39 Å². The van der Waals surface area contributed by atoms with Crippen molar-refractivity contribution in [2.75, 3.05) is 26.7 Å². The minimum absolute atomic E-state index is 0.0614. The lowest BCUT2D eigenvalue weighted by Crippen LogP contribution is -2.41. The molecule has 1 aliphatic heterocycles. The molecular formula is C29H35ClFN3O3. The summed E-state index contributed by atoms with van der Waals surface area (Å²) in [5, 5.41) is 10.6. The average molecular weight is 528 g/mol. The van der Waals surface area contributed by atoms with E-state index in [1.807, 2.05) is 18.3 Å². The van der Waals surface area contributed by atoms with Crippen LogP contribution in [0.2, 0.25) is 5.02 Å². The van der Waals surface area contributed by atoms with E-state index < -0.39 is 17.6 Å². The number of halogens is 2. The monoisotopic (exact) mass is 527 g/mol. The van der Waals surface area contributed by atoms with Crippen LogP contribution >= 0.6 is 11.6 Å². The van der Waals surface area contributed by atoms with Gasteiger partial charge in [-0.05, 0) is 100 Å². The Bertz CT molecular complexity index is 1190. The quantitative estimate of drug-likeness (QED) is 0.265. The zero-order valence-electron chi connectivity index (χ0n) is 21.3. The van der Waals surface area contributed by atoms with Crippen molar-refractivity contribution in [1.82, 2.24) is 14.9 Å². The summed E-state index contributed by atoms with van der Waals surface area (Å²) in [5.74, 6) is -0.212. The van der Waals surface area contributed by atoms with E-state index in [4.69, 9.17) is 16.3 Å². The van der Waals surface area contributed by atoms with E-state index in [9.17, 15) is 9.90 Å². The van der Waals surface area contributed by atoms with E-state index in [1.54, 1.807) is 25.3 Å². The van der Waals surface area contributed by atoms with Gasteiger partial charge < -0.3 is 14.7 Å². The zero-order valence-corrected chi connectivity index (χ0v) is 22.1. The number of aromatic nitrogens is 2. The van der Waals surface area contributed by atoms with Gasteiger partial charge in [-0.3, -0.25) is 14.8 Å². The number of aliphatic carboxylic acids is 1. The number of piperidine rings is 1. The third-order valence-electron chi connectivity index (χ3n) is 7.64. The van der Waals surface area contributed by atoms with Crippen LogP contribution in [0.4, 0.5) is 4.39 Å². The van der Waals surface area contributed by atoms with Gasteiger partial charge in [-0.2, -0.15) is 0 Å². The van der Waals surface area contributed by atoms with Gasteiger partial charge >= 0.3 is 5.97 Å². The second-order valence-electron chi connectivity index (χ2n) is 10.1. The highest BCUT2D eigenvalue weighted by Gasteiger charge is 2.37. The number of aryl methyl sites for hydroxylation is 1. The first kappa shape index (κ1) is 27.3. The molecule has 0 amide bonds. The molecular weight excluding hydrogens is 493 g/mol. The van der Waals surface area contributed by atoms with Gasteiger partial charge in [0.15, 0.2) is 0 Å². The molecule has 3 heterocycles. The van der Waals surface area contributed by atoms with Crippen molar-refractivity contribution >= 4 is 28.5 Å². The van der Waals surface area contributed by atoms with E-state index in [1.165, 1.54) is 6.20 Å². The molecule has 0 spiro atoms. The summed E-state index contributed by atoms with van der Waals surface area (Å²) < 4.78 is 21.0. The van der Waals surface area contributed by atoms with E-state index in [0.717, 1.165) is 57.4 Å². The number of ether oxygens (including phenoxy) is 1. The van der Waals surface area contributed by atoms with Crippen LogP contribution in [0.1, 0.15) is 62.4 Å². The van der Waals surface area contributed by atoms with Crippen molar-refractivity contribution in [2.24, 2.45) is 5.41 Å². The average Bonchev–Trinajstić information content (AvgIpc) is 2.90. The van der Waals surface area contributed by atoms with Crippen molar-refractivity contribution in [3.05, 3.63) is 65.1 Å². The molecule has 1 aromatic carbocycles. The summed E-state index contributed by atoms with van der Waals surface area (Å²) in [6, 6.07) is 11.3. The van der Waals surface area contributed by atoms with Gasteiger partial charge in [0.1, 0.15) is 11.9 Å². The van der Waals surface area contributed by atoms with Crippen molar-refractivity contribution < 1.29 is 19.0 Å². The number of nitrogens with zero attached hydrogens (tertiary/aromatic N) is 3. The fourth-order valence-corrected chi connectivity index (χ4v) is 5.73. The molecule has 0 saturated carbocycles. The number of carboxylic acid groups (broad SMARTS) is 1. The van der Waals surface area contributed by atoms with Crippen molar-refractivity contribution in [3.8, 4) is 5.75 Å². The maximum atomic E-state index is 15.7. The highest BCUT2D eigenvalue weighted by Crippen LogP contribution is 2.44. The Morgan fingerprint density at radius 1 is 1.22 bits per heavy atom. The molecule has 8 heteroatoms. The standard InChI is InChI=1S/C29H35ClFN3O3/c1-37-22-8-9-26-23(18-22)28(24(30)20-33-26)25(31)10-11-29(19-27(35)36)12-16-34(17-13-29)15-5-3-7-21-6-2-4-14-32-21/h2,4,6,8-9,14,18,20,25H,3,5,7,10-13,15-17,19H2,1H3,(H,35,36)/t25-/m0/s1. The number of alkyl halides is 1. The first-order chi connectivity index (χ1) is 17.9. The van der Waals surface area contributed by atoms with E-state index in [2.05, 4.69) is 20.9 Å². The van der Waals surface area contributed by atoms with Crippen LogP contribution in [0, 0.1) is 5.41 Å². The summed E-state index contributed by atoms with van der Waals surface area (Å²) in [5.41, 5.74) is 1.76. The third-order valence-corrected chi connectivity index (χ3v) is 7.94. The molecule has 0 aliphatic carbocycles. The van der Waals surface area contributed by atoms with Gasteiger partial charge in [0, 0.05) is 29.0 Å². The zero-order chi connectivity index (χ0) is 26.3. The number of carboxylic acids is 1. The third kappa shape index (κ3) is 7.17. The van der Waals surface area contributed by atoms with Crippen molar-refractivity contribution in [1.29, 1.82) is 0 Å². The molecule has 4 rings (SSSR count). The molecule has 6 nitrogen and oxygen atoms in total. The maximum absolute atomic E-state index is 15.7. The second-order valence-corrected chi connectivity index (χ2v) is 10.5. The molecule has 0 bridgehead atoms. The van der Waals surface area contributed by atoms with Crippen LogP contribution < -0.4 is 4.74 Å². The minimum atomic E-state index is -1.32. The van der Waals surface area contributed by atoms with Crippen LogP contribution in [0.5, 0.6) is 5.75 Å². The van der Waals surface area contributed by atoms with Crippen molar-refractivity contribution in [3.63, 3.8) is 0 Å². The van der Waals surface area contributed by atoms with Gasteiger partial charge in [-0.15, -0.1) is 0 Å². The first-order valence-electron chi connectivity index (χ1n) is 13.0. The number of rotatable bonds is 12. The van der Waals surface area contributed by atoms with Crippen molar-refractivity contribution in [2.45, 2.75) is 57.5 Å². The molecule has 1 fully saturated rings. The Morgan fingerprint density at radius 2 is 2.03 bits per heavy atom. The summed E-state index contributed by atoms with van der Waals surface area (Å²) >= 11 is 6.40. The van der Waals surface area contributed by atoms with Gasteiger partial charge in [-0.1, -0.05) is 17.7 Å². The fraction of sp³-hybridized carbons (Fsp3) is 0.483. The summed E-state index contributed by atoms with van der Waals surface area (Å²) in [6.07, 6.45) is 7.39. The summed E-state index contributed by atoms with van der Waals surface area (Å²) in [7, 11) is 1.56. The fourth-order valence-electron chi connectivity index (χ4n) is 5.46. The lowest BCUT2D eigenvalue weighted by molar-refractivity contribution is -0.141. The lowest BCUT2D eigenvalue weighted by Gasteiger charge is -2.41. The number of pyridine rings is 2. The Hall–Kier alpha value is -2.77. The van der Waals surface area contributed by atoms with Crippen LogP contribution in [0.25, 0.3) is 10.9 Å². The largest absolute Gasteiger partial charge is 0.497 e. The number of carbonyl (C=O) groups is 1. The van der Waals surface area contributed by atoms with E-state index in [-0.39, 0.29) is 17.9 Å². The van der Waals surface area contributed by atoms with E-state index in [0.29, 0.717) is 28.6 Å². The SMILES string of the molecule is COc1ccc2ncc(Cl)c([C@@H](F)CCC3(CC(=O)O)CCN(CCCCc4ccccn4)CC3)c2c1. The second kappa shape index (κ2) is 12.7. The summed E-state index contributed by atoms with van der Waals surface area (Å²) in [6.45, 7) is 2.66. The van der Waals surface area contributed by atoms with Gasteiger partial charge in [-0.25, -0.2) is 4.39 Å². The molecule has 3 aromatic rings. The Kier molecular flexibility index (Phi) is 9.33. The summed E-state index contributed by atoms with van der Waals surface area (Å²) in [4.78, 5) is 22.9. The molecule has 198 valence electrons. The number of methoxy groups -OCH3 is 1. The smallest absolute Gasteiger partial charge is 0.303 e. The molecule has 1 aliphatic rings. The van der Waals surface area contributed by atoms with Crippen LogP contribution in [-0.2, 0) is 11.2 Å². The molecule has 0 unspecified atom stereocenters. The van der Waals surface area contributed by atoms with Gasteiger partial charge in [0.25, 0.3) is 0 Å². The molecule has 1 saturated heterocycles. The normalized spacial score (nSPS) is 16.5. The number of unbranched alkanes of at least 4 members (excludes halogenated alkanes) is 1. The number of fused-ring (bicyclic) bond motifs is 1. The van der Waals surface area contributed by atoms with Crippen LogP contribution in [-0.4, -0.2) is 52.7 Å². The predicted molar refractivity (Wildman–Crippen MR) is 144 cm³/mol. The van der Waals surface area contributed by atoms with Crippen LogP contribution in [0.3, 0.4) is 0 Å².